The number of hydrogen-bond acceptors (Lipinski definition) is 5. The van der Waals surface area contributed by atoms with Crippen molar-refractivity contribution in [3.8, 4) is 11.4 Å². The van der Waals surface area contributed by atoms with Gasteiger partial charge in [-0.25, -0.2) is 31.6 Å². The number of carbonyl (C=O) groups is 1. The molecule has 1 aliphatic rings. The van der Waals surface area contributed by atoms with Gasteiger partial charge in [0.15, 0.2) is 11.5 Å². The number of imidazole rings is 1. The minimum absolute atomic E-state index is 0.0286. The highest BCUT2D eigenvalue weighted by atomic mass is 19.3. The molecule has 36 heavy (non-hydrogen) atoms. The Labute approximate surface area is 201 Å². The number of nitrogens with zero attached hydrogens (tertiary/aromatic N) is 6. The standard InChI is InChI=1S/C23H21F5N6O2/c1-23(2)11-32(4-3-5-36-23)22(35)15-7-16-13(8-29-15)18(31-34(16)20(28)19(26)27)17-9-30-21-14(25)6-12(24)10-33(17)21/h6-10,19-20H,3-5,11H2,1-2H3. The van der Waals surface area contributed by atoms with Crippen LogP contribution in [0, 0.1) is 11.6 Å². The lowest BCUT2D eigenvalue weighted by Crippen LogP contribution is -2.42. The highest BCUT2D eigenvalue weighted by Crippen LogP contribution is 2.33. The van der Waals surface area contributed by atoms with Gasteiger partial charge in [-0.3, -0.25) is 14.2 Å². The third kappa shape index (κ3) is 4.16. The van der Waals surface area contributed by atoms with Crippen LogP contribution in [-0.4, -0.2) is 66.7 Å². The second kappa shape index (κ2) is 8.80. The zero-order valence-electron chi connectivity index (χ0n) is 19.3. The van der Waals surface area contributed by atoms with Gasteiger partial charge in [0.25, 0.3) is 18.6 Å². The molecule has 1 amide bonds. The van der Waals surface area contributed by atoms with Crippen molar-refractivity contribution in [2.75, 3.05) is 19.7 Å². The van der Waals surface area contributed by atoms with Crippen LogP contribution >= 0.6 is 0 Å². The average molecular weight is 508 g/mol. The molecule has 0 N–H and O–H groups in total. The van der Waals surface area contributed by atoms with E-state index in [0.29, 0.717) is 30.3 Å². The fraction of sp³-hybridized carbons (Fsp3) is 0.391. The van der Waals surface area contributed by atoms with E-state index in [-0.39, 0.29) is 40.2 Å². The first kappa shape index (κ1) is 24.1. The summed E-state index contributed by atoms with van der Waals surface area (Å²) in [5, 5.41) is 4.08. The molecule has 13 heteroatoms. The molecule has 1 saturated heterocycles. The van der Waals surface area contributed by atoms with Crippen LogP contribution in [0.3, 0.4) is 0 Å². The minimum atomic E-state index is -3.42. The lowest BCUT2D eigenvalue weighted by Gasteiger charge is -2.28. The molecule has 190 valence electrons. The quantitative estimate of drug-likeness (QED) is 0.382. The topological polar surface area (TPSA) is 77.5 Å². The Morgan fingerprint density at radius 3 is 2.67 bits per heavy atom. The zero-order valence-corrected chi connectivity index (χ0v) is 19.3. The van der Waals surface area contributed by atoms with E-state index in [1.54, 1.807) is 4.90 Å². The summed E-state index contributed by atoms with van der Waals surface area (Å²) in [7, 11) is 0. The normalized spacial score (nSPS) is 17.2. The first-order valence-electron chi connectivity index (χ1n) is 11.1. The summed E-state index contributed by atoms with van der Waals surface area (Å²) < 4.78 is 76.6. The van der Waals surface area contributed by atoms with Gasteiger partial charge < -0.3 is 9.64 Å². The molecule has 0 bridgehead atoms. The van der Waals surface area contributed by atoms with E-state index >= 15 is 0 Å². The molecule has 0 aromatic carbocycles. The number of aromatic nitrogens is 5. The molecule has 1 unspecified atom stereocenters. The van der Waals surface area contributed by atoms with Crippen LogP contribution in [0.15, 0.2) is 30.7 Å². The van der Waals surface area contributed by atoms with Crippen molar-refractivity contribution in [2.45, 2.75) is 38.6 Å². The van der Waals surface area contributed by atoms with Gasteiger partial charge in [0.05, 0.1) is 23.0 Å². The van der Waals surface area contributed by atoms with Crippen molar-refractivity contribution < 1.29 is 31.5 Å². The van der Waals surface area contributed by atoms with Crippen LogP contribution in [0.2, 0.25) is 0 Å². The first-order chi connectivity index (χ1) is 17.1. The molecular formula is C23H21F5N6O2. The summed E-state index contributed by atoms with van der Waals surface area (Å²) in [4.78, 5) is 22.9. The molecule has 5 heterocycles. The Bertz CT molecular complexity index is 1470. The third-order valence-corrected chi connectivity index (χ3v) is 5.95. The number of fused-ring (bicyclic) bond motifs is 2. The van der Waals surface area contributed by atoms with Crippen molar-refractivity contribution in [2.24, 2.45) is 0 Å². The van der Waals surface area contributed by atoms with Crippen LogP contribution in [0.1, 0.15) is 37.1 Å². The van der Waals surface area contributed by atoms with Crippen LogP contribution in [0.5, 0.6) is 0 Å². The number of pyridine rings is 2. The molecule has 1 fully saturated rings. The van der Waals surface area contributed by atoms with E-state index in [1.165, 1.54) is 12.3 Å². The summed E-state index contributed by atoms with van der Waals surface area (Å²) in [5.41, 5.74) is -1.11. The number of ether oxygens (including phenoxy) is 1. The predicted octanol–water partition coefficient (Wildman–Crippen LogP) is 4.40. The maximum atomic E-state index is 14.6. The van der Waals surface area contributed by atoms with E-state index in [0.717, 1.165) is 16.8 Å². The molecule has 0 radical (unpaired) electrons. The Morgan fingerprint density at radius 1 is 1.14 bits per heavy atom. The van der Waals surface area contributed by atoms with Crippen molar-refractivity contribution >= 4 is 22.5 Å². The maximum absolute atomic E-state index is 14.6. The highest BCUT2D eigenvalue weighted by Gasteiger charge is 2.31. The van der Waals surface area contributed by atoms with Gasteiger partial charge in [-0.05, 0) is 26.3 Å². The van der Waals surface area contributed by atoms with Gasteiger partial charge in [0.1, 0.15) is 17.2 Å². The average Bonchev–Trinajstić information content (AvgIpc) is 3.35. The van der Waals surface area contributed by atoms with Crippen molar-refractivity contribution in [1.29, 1.82) is 0 Å². The zero-order chi connectivity index (χ0) is 25.8. The number of rotatable bonds is 4. The molecule has 5 rings (SSSR count). The fourth-order valence-electron chi connectivity index (χ4n) is 4.35. The summed E-state index contributed by atoms with van der Waals surface area (Å²) >= 11 is 0. The van der Waals surface area contributed by atoms with Gasteiger partial charge in [0, 0.05) is 43.5 Å². The highest BCUT2D eigenvalue weighted by molar-refractivity contribution is 5.99. The molecule has 0 spiro atoms. The number of alkyl halides is 3. The van der Waals surface area contributed by atoms with Gasteiger partial charge in [-0.2, -0.15) is 5.10 Å². The van der Waals surface area contributed by atoms with Gasteiger partial charge in [-0.1, -0.05) is 0 Å². The minimum Gasteiger partial charge on any atom is -0.374 e. The van der Waals surface area contributed by atoms with E-state index in [2.05, 4.69) is 15.1 Å². The van der Waals surface area contributed by atoms with Crippen molar-refractivity contribution in [1.82, 2.24) is 29.0 Å². The fourth-order valence-corrected chi connectivity index (χ4v) is 4.35. The molecule has 1 atom stereocenters. The molecule has 4 aromatic heterocycles. The number of amides is 1. The van der Waals surface area contributed by atoms with Crippen LogP contribution in [0.25, 0.3) is 27.9 Å². The largest absolute Gasteiger partial charge is 0.374 e. The Hall–Kier alpha value is -3.61. The first-order valence-corrected chi connectivity index (χ1v) is 11.1. The van der Waals surface area contributed by atoms with Gasteiger partial charge >= 0.3 is 0 Å². The van der Waals surface area contributed by atoms with Crippen LogP contribution in [0.4, 0.5) is 22.0 Å². The second-order valence-corrected chi connectivity index (χ2v) is 9.12. The molecule has 1 aliphatic heterocycles. The summed E-state index contributed by atoms with van der Waals surface area (Å²) in [6, 6.07) is 1.83. The lowest BCUT2D eigenvalue weighted by molar-refractivity contribution is -0.0156. The Kier molecular flexibility index (Phi) is 5.89. The molecule has 8 nitrogen and oxygen atoms in total. The van der Waals surface area contributed by atoms with E-state index < -0.39 is 35.9 Å². The number of hydrogen-bond donors (Lipinski definition) is 0. The third-order valence-electron chi connectivity index (χ3n) is 5.95. The van der Waals surface area contributed by atoms with Crippen LogP contribution < -0.4 is 0 Å². The van der Waals surface area contributed by atoms with Gasteiger partial charge in [-0.15, -0.1) is 0 Å². The van der Waals surface area contributed by atoms with Crippen molar-refractivity contribution in [3.63, 3.8) is 0 Å². The lowest BCUT2D eigenvalue weighted by atomic mass is 10.1. The number of carbonyl (C=O) groups excluding carboxylic acids is 1. The Balaban J connectivity index is 1.65. The maximum Gasteiger partial charge on any atom is 0.289 e. The molecular weight excluding hydrogens is 487 g/mol. The SMILES string of the molecule is CC1(C)CN(C(=O)c2cc3c(cn2)c(-c2cnc4c(F)cc(F)cn24)nn3C(F)C(F)F)CCCO1. The monoisotopic (exact) mass is 508 g/mol. The van der Waals surface area contributed by atoms with E-state index in [4.69, 9.17) is 4.74 Å². The predicted molar refractivity (Wildman–Crippen MR) is 118 cm³/mol. The number of halogens is 5. The smallest absolute Gasteiger partial charge is 0.289 e. The van der Waals surface area contributed by atoms with E-state index in [9.17, 15) is 26.7 Å². The van der Waals surface area contributed by atoms with Crippen molar-refractivity contribution in [3.05, 3.63) is 48.1 Å². The Morgan fingerprint density at radius 2 is 1.92 bits per heavy atom. The molecule has 0 saturated carbocycles. The van der Waals surface area contributed by atoms with Crippen LogP contribution in [-0.2, 0) is 4.74 Å². The molecule has 0 aliphatic carbocycles. The second-order valence-electron chi connectivity index (χ2n) is 9.12. The van der Waals surface area contributed by atoms with Gasteiger partial charge in [0.2, 0.25) is 0 Å². The molecule has 4 aromatic rings. The summed E-state index contributed by atoms with van der Waals surface area (Å²) in [6.07, 6.45) is -2.36. The summed E-state index contributed by atoms with van der Waals surface area (Å²) in [5.74, 6) is -2.33. The summed E-state index contributed by atoms with van der Waals surface area (Å²) in [6.45, 7) is 4.83. The van der Waals surface area contributed by atoms with E-state index in [1.807, 2.05) is 13.8 Å².